The first kappa shape index (κ1) is 17.1. The topological polar surface area (TPSA) is 81.1 Å². The molecule has 1 unspecified atom stereocenters. The Bertz CT molecular complexity index is 572. The molecule has 7 heteroatoms. The van der Waals surface area contributed by atoms with Crippen LogP contribution in [0.4, 0.5) is 4.79 Å². The molecule has 0 saturated heterocycles. The first-order valence-corrected chi connectivity index (χ1v) is 7.64. The summed E-state index contributed by atoms with van der Waals surface area (Å²) in [4.78, 5) is 24.3. The Hall–Kier alpha value is -2.28. The van der Waals surface area contributed by atoms with E-state index in [1.54, 1.807) is 14.2 Å². The van der Waals surface area contributed by atoms with Gasteiger partial charge >= 0.3 is 6.03 Å². The summed E-state index contributed by atoms with van der Waals surface area (Å²) in [6, 6.07) is 5.41. The molecule has 0 heterocycles. The Morgan fingerprint density at radius 3 is 2.61 bits per heavy atom. The second kappa shape index (κ2) is 7.82. The maximum absolute atomic E-state index is 11.9. The summed E-state index contributed by atoms with van der Waals surface area (Å²) in [6.07, 6.45) is 1.98. The van der Waals surface area contributed by atoms with Crippen molar-refractivity contribution in [3.63, 3.8) is 0 Å². The van der Waals surface area contributed by atoms with Crippen LogP contribution in [0.1, 0.15) is 18.4 Å². The maximum atomic E-state index is 11.9. The van der Waals surface area contributed by atoms with Crippen molar-refractivity contribution in [2.45, 2.75) is 25.4 Å². The fraction of sp³-hybridized carbons (Fsp3) is 0.500. The quantitative estimate of drug-likeness (QED) is 0.644. The van der Waals surface area contributed by atoms with Crippen LogP contribution in [-0.4, -0.2) is 45.8 Å². The summed E-state index contributed by atoms with van der Waals surface area (Å²) >= 11 is 0. The molecule has 3 amide bonds. The molecular formula is C16H24N3O4+. The summed E-state index contributed by atoms with van der Waals surface area (Å²) in [7, 11) is 5.09. The standard InChI is InChI=1S/C16H23N3O4/c1-19(10-15(20)18-16(21)17-12-5-6-12)9-11-4-7-13(22-2)8-14(11)23-3/h4,7-8,12H,5-6,9-10H2,1-3H3,(H2,17,18,20,21)/p+1. The van der Waals surface area contributed by atoms with Gasteiger partial charge in [0.25, 0.3) is 5.91 Å². The van der Waals surface area contributed by atoms with Crippen LogP contribution in [0, 0.1) is 0 Å². The van der Waals surface area contributed by atoms with Crippen LogP contribution >= 0.6 is 0 Å². The fourth-order valence-corrected chi connectivity index (χ4v) is 2.28. The Balaban J connectivity index is 1.84. The number of hydrogen-bond donors (Lipinski definition) is 3. The third-order valence-electron chi connectivity index (χ3n) is 3.61. The average Bonchev–Trinajstić information content (AvgIpc) is 3.30. The van der Waals surface area contributed by atoms with E-state index in [4.69, 9.17) is 9.47 Å². The van der Waals surface area contributed by atoms with Crippen LogP contribution in [0.15, 0.2) is 18.2 Å². The Morgan fingerprint density at radius 2 is 2.00 bits per heavy atom. The minimum absolute atomic E-state index is 0.202. The number of imide groups is 1. The summed E-state index contributed by atoms with van der Waals surface area (Å²) in [5.74, 6) is 1.14. The Labute approximate surface area is 135 Å². The molecule has 0 aromatic heterocycles. The predicted octanol–water partition coefficient (Wildman–Crippen LogP) is -0.293. The highest BCUT2D eigenvalue weighted by Gasteiger charge is 2.24. The number of ether oxygens (including phenoxy) is 2. The summed E-state index contributed by atoms with van der Waals surface area (Å²) in [6.45, 7) is 0.804. The molecule has 2 rings (SSSR count). The number of hydrogen-bond acceptors (Lipinski definition) is 4. The molecule has 1 atom stereocenters. The lowest BCUT2D eigenvalue weighted by Gasteiger charge is -2.16. The molecule has 1 aliphatic rings. The van der Waals surface area contributed by atoms with Gasteiger partial charge in [0.15, 0.2) is 6.54 Å². The van der Waals surface area contributed by atoms with Gasteiger partial charge in [-0.3, -0.25) is 10.1 Å². The van der Waals surface area contributed by atoms with E-state index in [2.05, 4.69) is 10.6 Å². The lowest BCUT2D eigenvalue weighted by atomic mass is 10.2. The number of methoxy groups -OCH3 is 2. The summed E-state index contributed by atoms with van der Waals surface area (Å²) < 4.78 is 10.5. The van der Waals surface area contributed by atoms with Crippen molar-refractivity contribution in [2.24, 2.45) is 0 Å². The average molecular weight is 322 g/mol. The smallest absolute Gasteiger partial charge is 0.321 e. The molecule has 1 fully saturated rings. The van der Waals surface area contributed by atoms with Gasteiger partial charge in [-0.15, -0.1) is 0 Å². The number of amides is 3. The largest absolute Gasteiger partial charge is 0.497 e. The molecule has 1 aliphatic carbocycles. The van der Waals surface area contributed by atoms with Crippen molar-refractivity contribution in [1.82, 2.24) is 10.6 Å². The number of rotatable bonds is 7. The van der Waals surface area contributed by atoms with E-state index in [-0.39, 0.29) is 18.5 Å². The van der Waals surface area contributed by atoms with E-state index in [1.807, 2.05) is 25.2 Å². The zero-order valence-corrected chi connectivity index (χ0v) is 13.8. The normalized spacial score (nSPS) is 14.7. The highest BCUT2D eigenvalue weighted by atomic mass is 16.5. The van der Waals surface area contributed by atoms with E-state index in [1.165, 1.54) is 0 Å². The van der Waals surface area contributed by atoms with Crippen LogP contribution in [0.5, 0.6) is 11.5 Å². The molecular weight excluding hydrogens is 298 g/mol. The summed E-state index contributed by atoms with van der Waals surface area (Å²) in [5, 5.41) is 5.08. The van der Waals surface area contributed by atoms with Crippen LogP contribution in [-0.2, 0) is 11.3 Å². The third kappa shape index (κ3) is 5.45. The van der Waals surface area contributed by atoms with Crippen LogP contribution in [0.25, 0.3) is 0 Å². The number of nitrogens with one attached hydrogen (secondary N) is 3. The van der Waals surface area contributed by atoms with Crippen molar-refractivity contribution in [2.75, 3.05) is 27.8 Å². The molecule has 1 aromatic rings. The second-order valence-corrected chi connectivity index (χ2v) is 5.78. The molecule has 3 N–H and O–H groups in total. The lowest BCUT2D eigenvalue weighted by Crippen LogP contribution is -3.09. The van der Waals surface area contributed by atoms with E-state index in [0.717, 1.165) is 34.8 Å². The van der Waals surface area contributed by atoms with Gasteiger partial charge in [0.1, 0.15) is 18.0 Å². The lowest BCUT2D eigenvalue weighted by molar-refractivity contribution is -0.885. The van der Waals surface area contributed by atoms with Crippen LogP contribution in [0.3, 0.4) is 0 Å². The van der Waals surface area contributed by atoms with Crippen LogP contribution < -0.4 is 25.0 Å². The third-order valence-corrected chi connectivity index (χ3v) is 3.61. The zero-order valence-electron chi connectivity index (χ0n) is 13.8. The van der Waals surface area contributed by atoms with E-state index in [9.17, 15) is 9.59 Å². The van der Waals surface area contributed by atoms with Gasteiger partial charge in [0, 0.05) is 17.7 Å². The monoisotopic (exact) mass is 322 g/mol. The zero-order chi connectivity index (χ0) is 16.8. The molecule has 0 aliphatic heterocycles. The van der Waals surface area contributed by atoms with Crippen LogP contribution in [0.2, 0.25) is 0 Å². The van der Waals surface area contributed by atoms with E-state index < -0.39 is 6.03 Å². The van der Waals surface area contributed by atoms with Gasteiger partial charge in [-0.05, 0) is 25.0 Å². The van der Waals surface area contributed by atoms with Gasteiger partial charge in [0.05, 0.1) is 21.3 Å². The molecule has 7 nitrogen and oxygen atoms in total. The maximum Gasteiger partial charge on any atom is 0.321 e. The van der Waals surface area contributed by atoms with Crippen molar-refractivity contribution in [3.05, 3.63) is 23.8 Å². The van der Waals surface area contributed by atoms with Gasteiger partial charge in [-0.25, -0.2) is 4.79 Å². The molecule has 0 radical (unpaired) electrons. The number of likely N-dealkylation sites (N-methyl/N-ethyl adjacent to an activating group) is 1. The molecule has 23 heavy (non-hydrogen) atoms. The number of benzene rings is 1. The molecule has 1 aromatic carbocycles. The Kier molecular flexibility index (Phi) is 5.81. The number of urea groups is 1. The molecule has 1 saturated carbocycles. The SMILES string of the molecule is COc1ccc(C[NH+](C)CC(=O)NC(=O)NC2CC2)c(OC)c1. The summed E-state index contributed by atoms with van der Waals surface area (Å²) in [5.41, 5.74) is 0.973. The van der Waals surface area contributed by atoms with Gasteiger partial charge in [-0.2, -0.15) is 0 Å². The van der Waals surface area contributed by atoms with Crippen molar-refractivity contribution >= 4 is 11.9 Å². The minimum atomic E-state index is -0.410. The number of quaternary nitrogens is 1. The van der Waals surface area contributed by atoms with E-state index >= 15 is 0 Å². The van der Waals surface area contributed by atoms with Gasteiger partial charge < -0.3 is 19.7 Å². The van der Waals surface area contributed by atoms with Gasteiger partial charge in [0.2, 0.25) is 0 Å². The highest BCUT2D eigenvalue weighted by molar-refractivity contribution is 5.94. The first-order valence-electron chi connectivity index (χ1n) is 7.64. The van der Waals surface area contributed by atoms with Crippen molar-refractivity contribution < 1.29 is 24.0 Å². The van der Waals surface area contributed by atoms with Gasteiger partial charge in [-0.1, -0.05) is 0 Å². The predicted molar refractivity (Wildman–Crippen MR) is 84.7 cm³/mol. The Morgan fingerprint density at radius 1 is 1.26 bits per heavy atom. The number of carbonyl (C=O) groups is 2. The first-order chi connectivity index (χ1) is 11.0. The molecule has 0 bridgehead atoms. The number of carbonyl (C=O) groups excluding carboxylic acids is 2. The second-order valence-electron chi connectivity index (χ2n) is 5.78. The van der Waals surface area contributed by atoms with E-state index in [0.29, 0.717) is 6.54 Å². The van der Waals surface area contributed by atoms with Crippen molar-refractivity contribution in [3.8, 4) is 11.5 Å². The molecule has 0 spiro atoms. The highest BCUT2D eigenvalue weighted by Crippen LogP contribution is 2.23. The molecule has 126 valence electrons. The van der Waals surface area contributed by atoms with Crippen molar-refractivity contribution in [1.29, 1.82) is 0 Å². The fourth-order valence-electron chi connectivity index (χ4n) is 2.28. The minimum Gasteiger partial charge on any atom is -0.497 e.